The van der Waals surface area contributed by atoms with Crippen molar-refractivity contribution in [3.8, 4) is 0 Å². The third kappa shape index (κ3) is 1.66. The van der Waals surface area contributed by atoms with Gasteiger partial charge in [0.25, 0.3) is 6.29 Å². The molecule has 0 spiro atoms. The molecule has 1 heterocycles. The molecule has 0 atom stereocenters. The van der Waals surface area contributed by atoms with Gasteiger partial charge in [-0.1, -0.05) is 0 Å². The van der Waals surface area contributed by atoms with E-state index in [1.54, 1.807) is 6.29 Å². The van der Waals surface area contributed by atoms with Gasteiger partial charge in [-0.25, -0.2) is 4.79 Å². The molecule has 1 aromatic rings. The van der Waals surface area contributed by atoms with Crippen molar-refractivity contribution in [1.29, 1.82) is 0 Å². The molecule has 0 aliphatic rings. The van der Waals surface area contributed by atoms with Crippen LogP contribution in [0.3, 0.4) is 0 Å². The molecule has 12 heavy (non-hydrogen) atoms. The van der Waals surface area contributed by atoms with Gasteiger partial charge >= 0.3 is 5.97 Å². The van der Waals surface area contributed by atoms with Gasteiger partial charge in [0.1, 0.15) is 5.69 Å². The normalized spacial score (nSPS) is 9.08. The highest BCUT2D eigenvalue weighted by atomic mass is 16.5. The number of nitrogens with zero attached hydrogens (tertiary/aromatic N) is 1. The summed E-state index contributed by atoms with van der Waals surface area (Å²) < 4.78 is 4.43. The van der Waals surface area contributed by atoms with E-state index < -0.39 is 5.97 Å². The van der Waals surface area contributed by atoms with E-state index >= 15 is 0 Å². The minimum Gasteiger partial charge on any atom is -0.465 e. The number of pyridine rings is 1. The second-order valence-corrected chi connectivity index (χ2v) is 2.03. The third-order valence-electron chi connectivity index (χ3n) is 1.29. The van der Waals surface area contributed by atoms with E-state index in [0.717, 1.165) is 0 Å². The van der Waals surface area contributed by atoms with Crippen LogP contribution in [0, 0.1) is 0 Å². The first-order valence-electron chi connectivity index (χ1n) is 3.20. The van der Waals surface area contributed by atoms with E-state index in [0.29, 0.717) is 5.56 Å². The number of carbonyl (C=O) groups excluding carboxylic acids is 2. The number of hydrogen-bond acceptors (Lipinski definition) is 4. The van der Waals surface area contributed by atoms with E-state index in [9.17, 15) is 9.59 Å². The molecule has 4 nitrogen and oxygen atoms in total. The Hall–Kier alpha value is -1.71. The average molecular weight is 164 g/mol. The fraction of sp³-hybridized carbons (Fsp3) is 0.125. The molecule has 61 valence electrons. The van der Waals surface area contributed by atoms with Gasteiger partial charge in [0.2, 0.25) is 0 Å². The molecule has 0 aliphatic carbocycles. The van der Waals surface area contributed by atoms with Crippen LogP contribution < -0.4 is 0 Å². The van der Waals surface area contributed by atoms with Gasteiger partial charge in [-0.15, -0.1) is 0 Å². The standard InChI is InChI=1S/C8H6NO3/c1-12-8(11)6-2-3-7(5-10)9-4-6/h2-4H,1H3. The molecule has 0 bridgehead atoms. The summed E-state index contributed by atoms with van der Waals surface area (Å²) in [4.78, 5) is 24.5. The molecule has 1 radical (unpaired) electrons. The summed E-state index contributed by atoms with van der Waals surface area (Å²) in [5.74, 6) is -0.472. The topological polar surface area (TPSA) is 56.3 Å². The maximum Gasteiger partial charge on any atom is 0.339 e. The van der Waals surface area contributed by atoms with Crippen molar-refractivity contribution in [2.45, 2.75) is 0 Å². The molecular weight excluding hydrogens is 158 g/mol. The fourth-order valence-electron chi connectivity index (χ4n) is 0.693. The van der Waals surface area contributed by atoms with E-state index in [-0.39, 0.29) is 5.69 Å². The van der Waals surface area contributed by atoms with Crippen LogP contribution in [-0.2, 0) is 9.53 Å². The van der Waals surface area contributed by atoms with Gasteiger partial charge in [-0.3, -0.25) is 9.78 Å². The molecule has 0 amide bonds. The van der Waals surface area contributed by atoms with E-state index in [4.69, 9.17) is 0 Å². The van der Waals surface area contributed by atoms with Gasteiger partial charge < -0.3 is 4.74 Å². The summed E-state index contributed by atoms with van der Waals surface area (Å²) in [5, 5.41) is 0. The van der Waals surface area contributed by atoms with Crippen LogP contribution in [-0.4, -0.2) is 24.3 Å². The van der Waals surface area contributed by atoms with E-state index in [1.807, 2.05) is 0 Å². The molecule has 0 fully saturated rings. The van der Waals surface area contributed by atoms with Crippen molar-refractivity contribution in [3.63, 3.8) is 0 Å². The highest BCUT2D eigenvalue weighted by Crippen LogP contribution is 1.99. The molecule has 0 aliphatic heterocycles. The SMILES string of the molecule is COC(=O)c1ccc([C]=O)nc1. The molecule has 1 rings (SSSR count). The number of ether oxygens (including phenoxy) is 1. The third-order valence-corrected chi connectivity index (χ3v) is 1.29. The maximum atomic E-state index is 10.9. The lowest BCUT2D eigenvalue weighted by molar-refractivity contribution is 0.0600. The van der Waals surface area contributed by atoms with Crippen LogP contribution in [0.5, 0.6) is 0 Å². The predicted molar refractivity (Wildman–Crippen MR) is 40.4 cm³/mol. The van der Waals surface area contributed by atoms with Crippen LogP contribution in [0.25, 0.3) is 0 Å². The van der Waals surface area contributed by atoms with Crippen molar-refractivity contribution >= 4 is 12.3 Å². The second kappa shape index (κ2) is 3.61. The molecule has 1 aromatic heterocycles. The Morgan fingerprint density at radius 2 is 2.33 bits per heavy atom. The van der Waals surface area contributed by atoms with Crippen LogP contribution in [0.15, 0.2) is 18.3 Å². The summed E-state index contributed by atoms with van der Waals surface area (Å²) in [6.07, 6.45) is 2.87. The largest absolute Gasteiger partial charge is 0.465 e. The van der Waals surface area contributed by atoms with Crippen molar-refractivity contribution in [2.75, 3.05) is 7.11 Å². The zero-order valence-electron chi connectivity index (χ0n) is 6.40. The summed E-state index contributed by atoms with van der Waals surface area (Å²) in [6.45, 7) is 0. The zero-order chi connectivity index (χ0) is 8.97. The Morgan fingerprint density at radius 3 is 2.75 bits per heavy atom. The van der Waals surface area contributed by atoms with Gasteiger partial charge in [-0.2, -0.15) is 0 Å². The Labute approximate surface area is 69.2 Å². The highest BCUT2D eigenvalue weighted by Gasteiger charge is 2.04. The van der Waals surface area contributed by atoms with Gasteiger partial charge in [0.15, 0.2) is 0 Å². The zero-order valence-corrected chi connectivity index (χ0v) is 6.40. The molecule has 0 aromatic carbocycles. The first-order valence-corrected chi connectivity index (χ1v) is 3.20. The lowest BCUT2D eigenvalue weighted by atomic mass is 10.2. The van der Waals surface area contributed by atoms with E-state index in [2.05, 4.69) is 9.72 Å². The minimum absolute atomic E-state index is 0.169. The summed E-state index contributed by atoms with van der Waals surface area (Å²) in [7, 11) is 1.28. The predicted octanol–water partition coefficient (Wildman–Crippen LogP) is 0.326. The quantitative estimate of drug-likeness (QED) is 0.591. The molecule has 0 saturated heterocycles. The average Bonchev–Trinajstić information content (AvgIpc) is 2.17. The summed E-state index contributed by atoms with van der Waals surface area (Å²) >= 11 is 0. The van der Waals surface area contributed by atoms with E-state index in [1.165, 1.54) is 25.4 Å². The Bertz CT molecular complexity index is 292. The smallest absolute Gasteiger partial charge is 0.339 e. The van der Waals surface area contributed by atoms with Crippen molar-refractivity contribution in [2.24, 2.45) is 0 Å². The number of aromatic nitrogens is 1. The Kier molecular flexibility index (Phi) is 2.53. The first kappa shape index (κ1) is 8.39. The summed E-state index contributed by atoms with van der Waals surface area (Å²) in [6, 6.07) is 2.86. The van der Waals surface area contributed by atoms with Gasteiger partial charge in [-0.05, 0) is 12.1 Å². The van der Waals surface area contributed by atoms with Crippen LogP contribution in [0.2, 0.25) is 0 Å². The number of methoxy groups -OCH3 is 1. The number of hydrogen-bond donors (Lipinski definition) is 0. The number of esters is 1. The fourth-order valence-corrected chi connectivity index (χ4v) is 0.693. The van der Waals surface area contributed by atoms with Gasteiger partial charge in [0.05, 0.1) is 12.7 Å². The lowest BCUT2D eigenvalue weighted by Gasteiger charge is -1.96. The van der Waals surface area contributed by atoms with Gasteiger partial charge in [0, 0.05) is 6.20 Å². The second-order valence-electron chi connectivity index (χ2n) is 2.03. The number of rotatable bonds is 2. The molecular formula is C8H6NO3. The number of carbonyl (C=O) groups is 1. The monoisotopic (exact) mass is 164 g/mol. The Balaban J connectivity index is 2.91. The van der Waals surface area contributed by atoms with Crippen LogP contribution in [0.1, 0.15) is 16.1 Å². The minimum atomic E-state index is -0.472. The molecule has 0 N–H and O–H groups in total. The first-order chi connectivity index (χ1) is 5.77. The van der Waals surface area contributed by atoms with Crippen molar-refractivity contribution in [3.05, 3.63) is 29.6 Å². The van der Waals surface area contributed by atoms with Crippen molar-refractivity contribution < 1.29 is 14.3 Å². The van der Waals surface area contributed by atoms with Crippen LogP contribution >= 0.6 is 0 Å². The van der Waals surface area contributed by atoms with Crippen LogP contribution in [0.4, 0.5) is 0 Å². The highest BCUT2D eigenvalue weighted by molar-refractivity contribution is 5.89. The van der Waals surface area contributed by atoms with Crippen molar-refractivity contribution in [1.82, 2.24) is 4.98 Å². The molecule has 0 saturated carbocycles. The lowest BCUT2D eigenvalue weighted by Crippen LogP contribution is -2.02. The molecule has 0 unspecified atom stereocenters. The summed E-state index contributed by atoms with van der Waals surface area (Å²) in [5.41, 5.74) is 0.485. The molecule has 4 heteroatoms. The Morgan fingerprint density at radius 1 is 1.58 bits per heavy atom. The maximum absolute atomic E-state index is 10.9.